The van der Waals surface area contributed by atoms with Gasteiger partial charge in [0, 0.05) is 0 Å². The summed E-state index contributed by atoms with van der Waals surface area (Å²) >= 11 is 0. The van der Waals surface area contributed by atoms with Crippen LogP contribution in [0.5, 0.6) is 0 Å². The molecule has 0 nitrogen and oxygen atoms in total. The zero-order chi connectivity index (χ0) is 5.98. The van der Waals surface area contributed by atoms with Crippen molar-refractivity contribution in [1.82, 2.24) is 0 Å². The Morgan fingerprint density at radius 1 is 1.25 bits per heavy atom. The average Bonchev–Trinajstić information content (AvgIpc) is 1.77. The second-order valence-electron chi connectivity index (χ2n) is 2.78. The van der Waals surface area contributed by atoms with E-state index >= 15 is 0 Å². The van der Waals surface area contributed by atoms with Crippen LogP contribution in [0.1, 0.15) is 32.6 Å². The van der Waals surface area contributed by atoms with E-state index in [0.29, 0.717) is 5.92 Å². The van der Waals surface area contributed by atoms with Gasteiger partial charge in [-0.25, -0.2) is 4.39 Å². The quantitative estimate of drug-likeness (QED) is 0.456. The Kier molecular flexibility index (Phi) is 1.87. The van der Waals surface area contributed by atoms with Crippen molar-refractivity contribution in [2.75, 3.05) is 0 Å². The van der Waals surface area contributed by atoms with Gasteiger partial charge in [-0.05, 0) is 18.8 Å². The van der Waals surface area contributed by atoms with E-state index in [2.05, 4.69) is 0 Å². The lowest BCUT2D eigenvalue weighted by Gasteiger charge is -2.21. The second-order valence-corrected chi connectivity index (χ2v) is 2.78. The number of hydrogen-bond donors (Lipinski definition) is 0. The summed E-state index contributed by atoms with van der Waals surface area (Å²) in [5.41, 5.74) is 0. The molecule has 0 N–H and O–H groups in total. The molecule has 0 spiro atoms. The van der Waals surface area contributed by atoms with Crippen LogP contribution in [0.25, 0.3) is 0 Å². The second kappa shape index (κ2) is 2.47. The van der Waals surface area contributed by atoms with Gasteiger partial charge >= 0.3 is 0 Å². The highest BCUT2D eigenvalue weighted by atomic mass is 19.1. The Labute approximate surface area is 50.1 Å². The van der Waals surface area contributed by atoms with Gasteiger partial charge in [0.25, 0.3) is 0 Å². The van der Waals surface area contributed by atoms with E-state index in [-0.39, 0.29) is 0 Å². The van der Waals surface area contributed by atoms with E-state index in [1.807, 2.05) is 6.92 Å². The molecule has 0 aromatic rings. The summed E-state index contributed by atoms with van der Waals surface area (Å²) in [4.78, 5) is 0. The van der Waals surface area contributed by atoms with Crippen LogP contribution in [0.2, 0.25) is 0 Å². The average molecular weight is 116 g/mol. The van der Waals surface area contributed by atoms with Crippen LogP contribution in [0.3, 0.4) is 0 Å². The maximum atomic E-state index is 12.6. The fourth-order valence-corrected chi connectivity index (χ4v) is 1.27. The van der Waals surface area contributed by atoms with Gasteiger partial charge in [-0.3, -0.25) is 0 Å². The molecule has 0 aromatic carbocycles. The fourth-order valence-electron chi connectivity index (χ4n) is 1.27. The van der Waals surface area contributed by atoms with Gasteiger partial charge in [0.05, 0.1) is 0 Å². The minimum absolute atomic E-state index is 0.337. The van der Waals surface area contributed by atoms with E-state index < -0.39 is 6.17 Å². The van der Waals surface area contributed by atoms with Gasteiger partial charge in [0.1, 0.15) is 6.17 Å². The molecule has 8 heavy (non-hydrogen) atoms. The SMILES string of the molecule is CC1CCCC[C@@H]1F. The van der Waals surface area contributed by atoms with Gasteiger partial charge in [-0.1, -0.05) is 19.8 Å². The van der Waals surface area contributed by atoms with Crippen LogP contribution in [0, 0.1) is 5.92 Å². The van der Waals surface area contributed by atoms with Crippen LogP contribution < -0.4 is 0 Å². The third-order valence-electron chi connectivity index (χ3n) is 2.01. The maximum Gasteiger partial charge on any atom is 0.103 e. The van der Waals surface area contributed by atoms with Crippen molar-refractivity contribution in [3.63, 3.8) is 0 Å². The molecule has 1 aliphatic carbocycles. The van der Waals surface area contributed by atoms with Crippen molar-refractivity contribution >= 4 is 0 Å². The molecule has 0 bridgehead atoms. The van der Waals surface area contributed by atoms with Crippen molar-refractivity contribution < 1.29 is 4.39 Å². The molecule has 1 fully saturated rings. The molecular formula is C7H13F. The maximum absolute atomic E-state index is 12.6. The molecule has 0 heterocycles. The minimum Gasteiger partial charge on any atom is -0.247 e. The van der Waals surface area contributed by atoms with Crippen molar-refractivity contribution in [2.24, 2.45) is 5.92 Å². The van der Waals surface area contributed by atoms with Crippen LogP contribution in [0.4, 0.5) is 4.39 Å². The molecule has 1 rings (SSSR count). The summed E-state index contributed by atoms with van der Waals surface area (Å²) in [6, 6.07) is 0. The third kappa shape index (κ3) is 1.21. The minimum atomic E-state index is -0.497. The van der Waals surface area contributed by atoms with Crippen molar-refractivity contribution in [2.45, 2.75) is 38.8 Å². The highest BCUT2D eigenvalue weighted by Gasteiger charge is 2.19. The number of alkyl halides is 1. The van der Waals surface area contributed by atoms with Crippen LogP contribution in [-0.4, -0.2) is 6.17 Å². The summed E-state index contributed by atoms with van der Waals surface area (Å²) in [5.74, 6) is 0.337. The van der Waals surface area contributed by atoms with E-state index in [4.69, 9.17) is 0 Å². The fraction of sp³-hybridized carbons (Fsp3) is 1.00. The molecule has 0 amide bonds. The van der Waals surface area contributed by atoms with Crippen molar-refractivity contribution in [1.29, 1.82) is 0 Å². The zero-order valence-electron chi connectivity index (χ0n) is 5.36. The van der Waals surface area contributed by atoms with Crippen LogP contribution >= 0.6 is 0 Å². The Hall–Kier alpha value is -0.0700. The van der Waals surface area contributed by atoms with Crippen molar-refractivity contribution in [3.05, 3.63) is 0 Å². The van der Waals surface area contributed by atoms with E-state index in [1.54, 1.807) is 0 Å². The number of hydrogen-bond acceptors (Lipinski definition) is 0. The number of halogens is 1. The van der Waals surface area contributed by atoms with Gasteiger partial charge in [0.2, 0.25) is 0 Å². The first-order valence-electron chi connectivity index (χ1n) is 3.45. The van der Waals surface area contributed by atoms with Crippen LogP contribution in [-0.2, 0) is 0 Å². The Morgan fingerprint density at radius 2 is 1.88 bits per heavy atom. The lowest BCUT2D eigenvalue weighted by Crippen LogP contribution is -2.16. The predicted octanol–water partition coefficient (Wildman–Crippen LogP) is 2.53. The zero-order valence-corrected chi connectivity index (χ0v) is 5.36. The lowest BCUT2D eigenvalue weighted by atomic mass is 9.89. The Morgan fingerprint density at radius 3 is 2.25 bits per heavy atom. The molecule has 2 atom stereocenters. The monoisotopic (exact) mass is 116 g/mol. The molecule has 1 aliphatic rings. The molecule has 0 aromatic heterocycles. The first-order chi connectivity index (χ1) is 3.80. The molecule has 0 radical (unpaired) electrons. The predicted molar refractivity (Wildman–Crippen MR) is 32.5 cm³/mol. The van der Waals surface area contributed by atoms with E-state index in [1.165, 1.54) is 6.42 Å². The molecule has 0 aliphatic heterocycles. The summed E-state index contributed by atoms with van der Waals surface area (Å²) in [6.07, 6.45) is 3.75. The van der Waals surface area contributed by atoms with Gasteiger partial charge in [0.15, 0.2) is 0 Å². The smallest absolute Gasteiger partial charge is 0.103 e. The topological polar surface area (TPSA) is 0 Å². The normalized spacial score (nSPS) is 39.8. The number of rotatable bonds is 0. The van der Waals surface area contributed by atoms with Gasteiger partial charge in [-0.2, -0.15) is 0 Å². The third-order valence-corrected chi connectivity index (χ3v) is 2.01. The van der Waals surface area contributed by atoms with Gasteiger partial charge < -0.3 is 0 Å². The molecule has 48 valence electrons. The summed E-state index contributed by atoms with van der Waals surface area (Å²) in [6.45, 7) is 2.00. The van der Waals surface area contributed by atoms with Gasteiger partial charge in [-0.15, -0.1) is 0 Å². The summed E-state index contributed by atoms with van der Waals surface area (Å²) in [5, 5.41) is 0. The Balaban J connectivity index is 2.28. The van der Waals surface area contributed by atoms with E-state index in [0.717, 1.165) is 19.3 Å². The molecular weight excluding hydrogens is 103 g/mol. The first-order valence-corrected chi connectivity index (χ1v) is 3.45. The molecule has 1 unspecified atom stereocenters. The highest BCUT2D eigenvalue weighted by molar-refractivity contribution is 4.70. The molecule has 0 saturated heterocycles. The van der Waals surface area contributed by atoms with Crippen molar-refractivity contribution in [3.8, 4) is 0 Å². The van der Waals surface area contributed by atoms with Crippen LogP contribution in [0.15, 0.2) is 0 Å². The standard InChI is InChI=1S/C7H13F/c1-6-4-2-3-5-7(6)8/h6-7H,2-5H2,1H3/t6?,7-/m0/s1. The van der Waals surface area contributed by atoms with E-state index in [9.17, 15) is 4.39 Å². The first kappa shape index (κ1) is 6.06. The summed E-state index contributed by atoms with van der Waals surface area (Å²) < 4.78 is 12.6. The largest absolute Gasteiger partial charge is 0.247 e. The Bertz CT molecular complexity index is 60.8. The molecule has 1 heteroatoms. The highest BCUT2D eigenvalue weighted by Crippen LogP contribution is 2.25. The molecule has 1 saturated carbocycles. The summed E-state index contributed by atoms with van der Waals surface area (Å²) in [7, 11) is 0. The lowest BCUT2D eigenvalue weighted by molar-refractivity contribution is 0.179.